The predicted octanol–water partition coefficient (Wildman–Crippen LogP) is 3.80. The Morgan fingerprint density at radius 1 is 1.36 bits per heavy atom. The van der Waals surface area contributed by atoms with Gasteiger partial charge in [-0.1, -0.05) is 13.0 Å². The number of benzene rings is 1. The van der Waals surface area contributed by atoms with Gasteiger partial charge in [-0.15, -0.1) is 0 Å². The van der Waals surface area contributed by atoms with Crippen molar-refractivity contribution in [3.8, 4) is 11.8 Å². The van der Waals surface area contributed by atoms with Gasteiger partial charge in [0.05, 0.1) is 30.6 Å². The lowest BCUT2D eigenvalue weighted by Crippen LogP contribution is -2.54. The van der Waals surface area contributed by atoms with E-state index in [1.807, 2.05) is 18.2 Å². The molecule has 4 nitrogen and oxygen atoms in total. The number of hydrogen-bond acceptors (Lipinski definition) is 4. The average Bonchev–Trinajstić information content (AvgIpc) is 2.96. The highest BCUT2D eigenvalue weighted by Crippen LogP contribution is 2.66. The van der Waals surface area contributed by atoms with Gasteiger partial charge in [0.15, 0.2) is 0 Å². The van der Waals surface area contributed by atoms with Crippen LogP contribution in [0.4, 0.5) is 0 Å². The van der Waals surface area contributed by atoms with Crippen molar-refractivity contribution in [1.82, 2.24) is 0 Å². The summed E-state index contributed by atoms with van der Waals surface area (Å²) < 4.78 is 11.0. The van der Waals surface area contributed by atoms with E-state index in [9.17, 15) is 10.1 Å². The van der Waals surface area contributed by atoms with Crippen molar-refractivity contribution in [1.29, 1.82) is 5.26 Å². The van der Waals surface area contributed by atoms with Crippen LogP contribution in [0, 0.1) is 28.1 Å². The zero-order chi connectivity index (χ0) is 17.8. The number of aryl methyl sites for hydroxylation is 1. The third kappa shape index (κ3) is 2.15. The molecule has 2 fully saturated rings. The summed E-state index contributed by atoms with van der Waals surface area (Å²) in [5.74, 6) is 0.899. The highest BCUT2D eigenvalue weighted by molar-refractivity contribution is 7.09. The molecule has 2 saturated carbocycles. The summed E-state index contributed by atoms with van der Waals surface area (Å²) in [6, 6.07) is 8.59. The first-order valence-electron chi connectivity index (χ1n) is 8.96. The van der Waals surface area contributed by atoms with Crippen molar-refractivity contribution in [2.75, 3.05) is 7.11 Å². The first-order chi connectivity index (χ1) is 12.0. The van der Waals surface area contributed by atoms with Crippen molar-refractivity contribution in [3.63, 3.8) is 0 Å². The summed E-state index contributed by atoms with van der Waals surface area (Å²) >= 11 is 0. The zero-order valence-electron chi connectivity index (χ0n) is 14.7. The van der Waals surface area contributed by atoms with Crippen LogP contribution in [0.15, 0.2) is 18.2 Å². The fraction of sp³-hybridized carbons (Fsp3) is 0.600. The highest BCUT2D eigenvalue weighted by atomic mass is 31.0. The fourth-order valence-corrected chi connectivity index (χ4v) is 6.44. The second kappa shape index (κ2) is 5.79. The quantitative estimate of drug-likeness (QED) is 0.756. The second-order valence-electron chi connectivity index (χ2n) is 8.05. The molecule has 3 unspecified atom stereocenters. The molecular weight excluding hydrogens is 333 g/mol. The van der Waals surface area contributed by atoms with Gasteiger partial charge in [0, 0.05) is 21.3 Å². The summed E-state index contributed by atoms with van der Waals surface area (Å²) in [6.07, 6.45) is 3.97. The molecule has 0 heterocycles. The molecule has 1 aromatic carbocycles. The molecule has 1 aromatic rings. The van der Waals surface area contributed by atoms with Gasteiger partial charge in [-0.05, 0) is 54.9 Å². The van der Waals surface area contributed by atoms with Crippen molar-refractivity contribution in [3.05, 3.63) is 29.3 Å². The van der Waals surface area contributed by atoms with Gasteiger partial charge in [0.25, 0.3) is 0 Å². The minimum Gasteiger partial charge on any atom is -0.497 e. The highest BCUT2D eigenvalue weighted by Gasteiger charge is 2.65. The Labute approximate surface area is 151 Å². The van der Waals surface area contributed by atoms with Gasteiger partial charge in [0.1, 0.15) is 11.5 Å². The molecule has 6 atom stereocenters. The van der Waals surface area contributed by atoms with Crippen LogP contribution in [-0.2, 0) is 15.7 Å². The maximum absolute atomic E-state index is 13.3. The first-order valence-corrected chi connectivity index (χ1v) is 9.43. The van der Waals surface area contributed by atoms with E-state index in [0.29, 0.717) is 6.42 Å². The van der Waals surface area contributed by atoms with E-state index in [-0.39, 0.29) is 29.1 Å². The molecule has 0 aliphatic heterocycles. The molecule has 0 bridgehead atoms. The van der Waals surface area contributed by atoms with Gasteiger partial charge in [-0.3, -0.25) is 4.79 Å². The van der Waals surface area contributed by atoms with Crippen molar-refractivity contribution >= 4 is 15.2 Å². The van der Waals surface area contributed by atoms with Crippen LogP contribution in [0.1, 0.15) is 49.7 Å². The summed E-state index contributed by atoms with van der Waals surface area (Å²) in [5, 5.41) is 10.3. The normalized spacial score (nSPS) is 39.1. The molecule has 5 heteroatoms. The van der Waals surface area contributed by atoms with Crippen molar-refractivity contribution < 1.29 is 14.1 Å². The van der Waals surface area contributed by atoms with E-state index >= 15 is 0 Å². The average molecular weight is 357 g/mol. The van der Waals surface area contributed by atoms with Crippen LogP contribution >= 0.6 is 9.47 Å². The van der Waals surface area contributed by atoms with Crippen LogP contribution in [0.2, 0.25) is 0 Å². The number of nitriles is 1. The van der Waals surface area contributed by atoms with Gasteiger partial charge in [-0.25, -0.2) is 0 Å². The third-order valence-electron chi connectivity index (χ3n) is 7.10. The van der Waals surface area contributed by atoms with Crippen LogP contribution < -0.4 is 4.74 Å². The molecule has 0 radical (unpaired) electrons. The van der Waals surface area contributed by atoms with Crippen molar-refractivity contribution in [2.45, 2.75) is 51.0 Å². The molecule has 0 amide bonds. The smallest absolute Gasteiger partial charge is 0.142 e. The summed E-state index contributed by atoms with van der Waals surface area (Å²) in [7, 11) is 4.02. The summed E-state index contributed by atoms with van der Waals surface area (Å²) in [5.41, 5.74) is 1.35. The molecule has 3 aliphatic rings. The Kier molecular flexibility index (Phi) is 3.94. The van der Waals surface area contributed by atoms with Gasteiger partial charge < -0.3 is 9.26 Å². The molecule has 0 saturated heterocycles. The van der Waals surface area contributed by atoms with E-state index in [1.54, 1.807) is 7.11 Å². The lowest BCUT2D eigenvalue weighted by molar-refractivity contribution is -0.137. The van der Waals surface area contributed by atoms with E-state index in [2.05, 4.69) is 22.5 Å². The molecule has 3 aliphatic carbocycles. The maximum atomic E-state index is 13.3. The molecular formula is C20H24NO3P. The lowest BCUT2D eigenvalue weighted by Gasteiger charge is -2.54. The van der Waals surface area contributed by atoms with Crippen LogP contribution in [-0.4, -0.2) is 19.0 Å². The van der Waals surface area contributed by atoms with Gasteiger partial charge in [-0.2, -0.15) is 5.26 Å². The number of methoxy groups -OCH3 is 1. The number of ketones is 1. The minimum atomic E-state index is -0.608. The topological polar surface area (TPSA) is 59.3 Å². The van der Waals surface area contributed by atoms with E-state index in [4.69, 9.17) is 9.26 Å². The van der Waals surface area contributed by atoms with Gasteiger partial charge >= 0.3 is 0 Å². The third-order valence-corrected chi connectivity index (χ3v) is 7.43. The Balaban J connectivity index is 1.85. The monoisotopic (exact) mass is 357 g/mol. The molecule has 132 valence electrons. The zero-order valence-corrected chi connectivity index (χ0v) is 15.9. The number of fused-ring (bicyclic) bond motifs is 5. The fourth-order valence-electron chi connectivity index (χ4n) is 5.99. The predicted molar refractivity (Wildman–Crippen MR) is 97.1 cm³/mol. The molecule has 0 aromatic heterocycles. The molecule has 0 N–H and O–H groups in total. The number of ether oxygens (including phenoxy) is 1. The number of Topliss-reactive ketones (excluding diaryl/α,β-unsaturated/α-hetero) is 1. The Morgan fingerprint density at radius 2 is 2.16 bits per heavy atom. The van der Waals surface area contributed by atoms with Crippen molar-refractivity contribution in [2.24, 2.45) is 16.7 Å². The second-order valence-corrected chi connectivity index (χ2v) is 8.33. The number of carbonyl (C=O) groups excluding carboxylic acids is 1. The number of nitrogens with zero attached hydrogens (tertiary/aromatic N) is 1. The Bertz CT molecular complexity index is 773. The SMILES string of the molecule is COc1ccc2c(c1)CC[C@]1(C#N)C2C(=O)C[C@@]2(C)C1CC[C@@H]2OP. The maximum Gasteiger partial charge on any atom is 0.142 e. The van der Waals surface area contributed by atoms with E-state index in [1.165, 1.54) is 0 Å². The molecule has 0 spiro atoms. The largest absolute Gasteiger partial charge is 0.497 e. The standard InChI is InChI=1S/C20H24NO3P/c1-19-10-15(22)18-14-4-3-13(23-2)9-12(14)7-8-20(18,11-21)16(19)5-6-17(19)24-25/h3-4,9,16-18H,5-8,10,25H2,1-2H3/t16?,17-,18?,19-,20+/m0/s1. The summed E-state index contributed by atoms with van der Waals surface area (Å²) in [4.78, 5) is 13.3. The Morgan fingerprint density at radius 3 is 2.84 bits per heavy atom. The van der Waals surface area contributed by atoms with E-state index in [0.717, 1.165) is 42.6 Å². The lowest BCUT2D eigenvalue weighted by atomic mass is 9.47. The van der Waals surface area contributed by atoms with Gasteiger partial charge in [0.2, 0.25) is 0 Å². The van der Waals surface area contributed by atoms with E-state index < -0.39 is 5.41 Å². The van der Waals surface area contributed by atoms with Crippen LogP contribution in [0.3, 0.4) is 0 Å². The number of hydrogen-bond donors (Lipinski definition) is 0. The number of carbonyl (C=O) groups is 1. The minimum absolute atomic E-state index is 0.0369. The molecule has 4 rings (SSSR count). The Hall–Kier alpha value is -1.43. The number of rotatable bonds is 2. The van der Waals surface area contributed by atoms with Crippen LogP contribution in [0.25, 0.3) is 0 Å². The molecule has 25 heavy (non-hydrogen) atoms. The first kappa shape index (κ1) is 17.0. The summed E-state index contributed by atoms with van der Waals surface area (Å²) in [6.45, 7) is 2.15. The van der Waals surface area contributed by atoms with Crippen LogP contribution in [0.5, 0.6) is 5.75 Å².